The number of hydrogen-bond acceptors (Lipinski definition) is 6. The molecule has 0 radical (unpaired) electrons. The lowest BCUT2D eigenvalue weighted by Crippen LogP contribution is -2.60. The number of amides is 4. The number of carbonyl (C=O) groups excluding carboxylic acids is 4. The Morgan fingerprint density at radius 3 is 1.32 bits per heavy atom. The fourth-order valence-electron chi connectivity index (χ4n) is 5.23. The van der Waals surface area contributed by atoms with E-state index in [4.69, 9.17) is 0 Å². The summed E-state index contributed by atoms with van der Waals surface area (Å²) in [5.74, 6) is -3.30. The molecule has 258 valence electrons. The maximum absolute atomic E-state index is 14.0. The van der Waals surface area contributed by atoms with Crippen LogP contribution in [0.25, 0.3) is 0 Å². The lowest BCUT2D eigenvalue weighted by Gasteiger charge is -2.28. The number of carboxylic acid groups (broad SMARTS) is 1. The Hall–Kier alpha value is -4.25. The molecule has 11 nitrogen and oxygen atoms in total. The van der Waals surface area contributed by atoms with Crippen molar-refractivity contribution in [2.24, 2.45) is 17.8 Å². The van der Waals surface area contributed by atoms with Crippen molar-refractivity contribution in [2.75, 3.05) is 7.05 Å². The predicted molar refractivity (Wildman–Crippen MR) is 182 cm³/mol. The minimum atomic E-state index is -1.17. The second-order valence-electron chi connectivity index (χ2n) is 13.2. The molecule has 0 fully saturated rings. The van der Waals surface area contributed by atoms with Gasteiger partial charge in [0.2, 0.25) is 23.6 Å². The number of aliphatic carboxylic acids is 1. The van der Waals surface area contributed by atoms with Gasteiger partial charge in [0.05, 0.1) is 6.04 Å². The molecule has 0 aliphatic heterocycles. The Kier molecular flexibility index (Phi) is 16.1. The summed E-state index contributed by atoms with van der Waals surface area (Å²) in [6.45, 7) is 11.4. The van der Waals surface area contributed by atoms with E-state index in [1.54, 1.807) is 7.05 Å². The molecule has 4 amide bonds. The normalized spacial score (nSPS) is 14.5. The summed E-state index contributed by atoms with van der Waals surface area (Å²) in [4.78, 5) is 66.3. The van der Waals surface area contributed by atoms with Crippen molar-refractivity contribution < 1.29 is 29.1 Å². The van der Waals surface area contributed by atoms with Crippen LogP contribution in [0.1, 0.15) is 65.5 Å². The largest absolute Gasteiger partial charge is 0.480 e. The first-order chi connectivity index (χ1) is 22.2. The molecule has 6 N–H and O–H groups in total. The fourth-order valence-corrected chi connectivity index (χ4v) is 5.23. The molecule has 0 unspecified atom stereocenters. The van der Waals surface area contributed by atoms with Crippen molar-refractivity contribution >= 4 is 29.6 Å². The predicted octanol–water partition coefficient (Wildman–Crippen LogP) is 2.83. The summed E-state index contributed by atoms with van der Waals surface area (Å²) in [6, 6.07) is 13.4. The average molecular weight is 652 g/mol. The van der Waals surface area contributed by atoms with Gasteiger partial charge in [-0.05, 0) is 48.8 Å². The molecule has 0 heterocycles. The molecule has 2 rings (SSSR count). The van der Waals surface area contributed by atoms with Crippen molar-refractivity contribution in [3.63, 3.8) is 0 Å². The number of carbonyl (C=O) groups is 5. The summed E-state index contributed by atoms with van der Waals surface area (Å²) < 4.78 is 0. The topological polar surface area (TPSA) is 166 Å². The summed E-state index contributed by atoms with van der Waals surface area (Å²) >= 11 is 0. The number of benzene rings is 2. The van der Waals surface area contributed by atoms with Gasteiger partial charge in [0.15, 0.2) is 0 Å². The summed E-state index contributed by atoms with van der Waals surface area (Å²) in [7, 11) is 1.70. The van der Waals surface area contributed by atoms with E-state index in [1.165, 1.54) is 0 Å². The lowest BCUT2D eigenvalue weighted by molar-refractivity contribution is -0.142. The minimum absolute atomic E-state index is 0.00665. The van der Waals surface area contributed by atoms with E-state index in [0.29, 0.717) is 6.42 Å². The van der Waals surface area contributed by atoms with E-state index < -0.39 is 53.9 Å². The third-order valence-electron chi connectivity index (χ3n) is 7.77. The summed E-state index contributed by atoms with van der Waals surface area (Å²) in [6.07, 6.45) is 1.02. The van der Waals surface area contributed by atoms with Crippen LogP contribution in [0.5, 0.6) is 0 Å². The monoisotopic (exact) mass is 651 g/mol. The highest BCUT2D eigenvalue weighted by molar-refractivity contribution is 5.95. The maximum atomic E-state index is 14.0. The molecule has 0 aliphatic rings. The van der Waals surface area contributed by atoms with Crippen molar-refractivity contribution in [3.05, 3.63) is 71.8 Å². The molecule has 47 heavy (non-hydrogen) atoms. The molecular formula is C36H53N5O6. The van der Waals surface area contributed by atoms with Gasteiger partial charge in [0.25, 0.3) is 0 Å². The molecule has 0 bridgehead atoms. The van der Waals surface area contributed by atoms with Crippen LogP contribution in [0.15, 0.2) is 60.7 Å². The average Bonchev–Trinajstić information content (AvgIpc) is 3.01. The standard InChI is InChI=1S/C36H53N5O6/c1-22(2)18-27(37-7)32(42)41-31(24(5)6)35(45)39-29(21-26-16-12-9-13-17-26)33(43)38-28(20-25-14-10-8-11-15-25)34(44)40-30(36(46)47)19-23(3)4/h8-17,22-24,27-31,37H,18-21H2,1-7H3,(H,38,43)(H,39,45)(H,40,44)(H,41,42)(H,46,47)/t27-,28-,29-,30-,31-/m0/s1. The molecule has 2 aromatic carbocycles. The van der Waals surface area contributed by atoms with Crippen molar-refractivity contribution in [1.29, 1.82) is 0 Å². The molecule has 0 saturated heterocycles. The SMILES string of the molecule is CN[C@@H](CC(C)C)C(=O)N[C@H](C(=O)N[C@@H](Cc1ccccc1)C(=O)N[C@@H](Cc1ccccc1)C(=O)N[C@@H](CC(C)C)C(=O)O)C(C)C. The molecular weight excluding hydrogens is 598 g/mol. The maximum Gasteiger partial charge on any atom is 0.326 e. The zero-order valence-corrected chi connectivity index (χ0v) is 28.7. The fraction of sp³-hybridized carbons (Fsp3) is 0.528. The van der Waals surface area contributed by atoms with Crippen LogP contribution in [0.4, 0.5) is 0 Å². The third-order valence-corrected chi connectivity index (χ3v) is 7.77. The second-order valence-corrected chi connectivity index (χ2v) is 13.2. The van der Waals surface area contributed by atoms with Gasteiger partial charge in [-0.15, -0.1) is 0 Å². The van der Waals surface area contributed by atoms with Crippen molar-refractivity contribution in [3.8, 4) is 0 Å². The second kappa shape index (κ2) is 19.4. The molecule has 2 aromatic rings. The van der Waals surface area contributed by atoms with Crippen LogP contribution in [0, 0.1) is 17.8 Å². The Labute approximate surface area is 279 Å². The molecule has 0 aliphatic carbocycles. The number of hydrogen-bond donors (Lipinski definition) is 6. The number of carboxylic acids is 1. The zero-order chi connectivity index (χ0) is 35.1. The van der Waals surface area contributed by atoms with Crippen LogP contribution >= 0.6 is 0 Å². The quantitative estimate of drug-likeness (QED) is 0.136. The highest BCUT2D eigenvalue weighted by Gasteiger charge is 2.33. The first kappa shape index (κ1) is 38.9. The van der Waals surface area contributed by atoms with Gasteiger partial charge < -0.3 is 31.7 Å². The van der Waals surface area contributed by atoms with Crippen LogP contribution < -0.4 is 26.6 Å². The van der Waals surface area contributed by atoms with Crippen LogP contribution in [-0.4, -0.2) is 72.0 Å². The van der Waals surface area contributed by atoms with Crippen molar-refractivity contribution in [2.45, 2.75) is 97.4 Å². The molecule has 5 atom stereocenters. The molecule has 0 spiro atoms. The van der Waals surface area contributed by atoms with E-state index in [1.807, 2.05) is 102 Å². The number of rotatable bonds is 19. The first-order valence-corrected chi connectivity index (χ1v) is 16.4. The smallest absolute Gasteiger partial charge is 0.326 e. The van der Waals surface area contributed by atoms with Gasteiger partial charge >= 0.3 is 5.97 Å². The molecule has 0 saturated carbocycles. The third kappa shape index (κ3) is 13.6. The van der Waals surface area contributed by atoms with Gasteiger partial charge in [-0.25, -0.2) is 4.79 Å². The Balaban J connectivity index is 2.37. The lowest BCUT2D eigenvalue weighted by atomic mass is 9.98. The molecule has 0 aromatic heterocycles. The highest BCUT2D eigenvalue weighted by atomic mass is 16.4. The van der Waals surface area contributed by atoms with E-state index in [-0.39, 0.29) is 42.9 Å². The first-order valence-electron chi connectivity index (χ1n) is 16.4. The van der Waals surface area contributed by atoms with Gasteiger partial charge in [-0.3, -0.25) is 19.2 Å². The van der Waals surface area contributed by atoms with Gasteiger partial charge in [-0.1, -0.05) is 102 Å². The highest BCUT2D eigenvalue weighted by Crippen LogP contribution is 2.12. The van der Waals surface area contributed by atoms with Crippen LogP contribution in [0.3, 0.4) is 0 Å². The summed E-state index contributed by atoms with van der Waals surface area (Å²) in [5.41, 5.74) is 1.53. The van der Waals surface area contributed by atoms with E-state index in [9.17, 15) is 29.1 Å². The van der Waals surface area contributed by atoms with Gasteiger partial charge in [-0.2, -0.15) is 0 Å². The Bertz CT molecular complexity index is 1300. The van der Waals surface area contributed by atoms with Crippen molar-refractivity contribution in [1.82, 2.24) is 26.6 Å². The van der Waals surface area contributed by atoms with Crippen LogP contribution in [-0.2, 0) is 36.8 Å². The Morgan fingerprint density at radius 1 is 0.553 bits per heavy atom. The van der Waals surface area contributed by atoms with E-state index in [2.05, 4.69) is 26.6 Å². The van der Waals surface area contributed by atoms with E-state index in [0.717, 1.165) is 11.1 Å². The van der Waals surface area contributed by atoms with Gasteiger partial charge in [0, 0.05) is 12.8 Å². The van der Waals surface area contributed by atoms with Crippen LogP contribution in [0.2, 0.25) is 0 Å². The zero-order valence-electron chi connectivity index (χ0n) is 28.7. The number of nitrogens with one attached hydrogen (secondary N) is 5. The Morgan fingerprint density at radius 2 is 0.936 bits per heavy atom. The number of likely N-dealkylation sites (N-methyl/N-ethyl adjacent to an activating group) is 1. The van der Waals surface area contributed by atoms with Gasteiger partial charge in [0.1, 0.15) is 24.2 Å². The van der Waals surface area contributed by atoms with E-state index >= 15 is 0 Å². The minimum Gasteiger partial charge on any atom is -0.480 e. The molecule has 11 heteroatoms. The summed E-state index contributed by atoms with van der Waals surface area (Å²) in [5, 5.41) is 23.8.